The average molecular weight is 352 g/mol. The lowest BCUT2D eigenvalue weighted by Crippen LogP contribution is -2.45. The maximum atomic E-state index is 14.1. The number of hydrogen-bond acceptors (Lipinski definition) is 3. The summed E-state index contributed by atoms with van der Waals surface area (Å²) >= 11 is 0. The van der Waals surface area contributed by atoms with Crippen LogP contribution >= 0.6 is 0 Å². The second-order valence-electron chi connectivity index (χ2n) is 7.93. The summed E-state index contributed by atoms with van der Waals surface area (Å²) in [5.74, 6) is 0.936. The Balaban J connectivity index is 2.70. The van der Waals surface area contributed by atoms with Crippen LogP contribution < -0.4 is 0 Å². The van der Waals surface area contributed by atoms with Crippen molar-refractivity contribution in [3.63, 3.8) is 0 Å². The number of nitrogens with zero attached hydrogens (tertiary/aromatic N) is 1. The highest BCUT2D eigenvalue weighted by Crippen LogP contribution is 2.39. The van der Waals surface area contributed by atoms with E-state index in [-0.39, 0.29) is 12.1 Å². The third-order valence-corrected chi connectivity index (χ3v) is 4.80. The van der Waals surface area contributed by atoms with Gasteiger partial charge in [-0.1, -0.05) is 11.1 Å². The smallest absolute Gasteiger partial charge is 0.142 e. The monoisotopic (exact) mass is 351 g/mol. The summed E-state index contributed by atoms with van der Waals surface area (Å²) in [5.41, 5.74) is 5.79. The van der Waals surface area contributed by atoms with E-state index in [4.69, 9.17) is 9.47 Å². The first-order chi connectivity index (χ1) is 11.7. The van der Waals surface area contributed by atoms with Crippen LogP contribution in [0, 0.1) is 0 Å². The lowest BCUT2D eigenvalue weighted by Gasteiger charge is -2.37. The predicted octanol–water partition coefficient (Wildman–Crippen LogP) is 5.15. The normalized spacial score (nSPS) is 25.6. The zero-order valence-corrected chi connectivity index (χ0v) is 16.9. The molecule has 2 saturated heterocycles. The van der Waals surface area contributed by atoms with Crippen LogP contribution in [0.4, 0.5) is 4.39 Å². The van der Waals surface area contributed by atoms with Gasteiger partial charge in [0.25, 0.3) is 0 Å². The summed E-state index contributed by atoms with van der Waals surface area (Å²) in [6.45, 7) is 16.0. The fraction of sp³-hybridized carbons (Fsp3) is 0.714. The summed E-state index contributed by atoms with van der Waals surface area (Å²) < 4.78 is 26.4. The van der Waals surface area contributed by atoms with E-state index in [1.54, 1.807) is 6.92 Å². The summed E-state index contributed by atoms with van der Waals surface area (Å²) in [4.78, 5) is 2.26. The number of alkyl halides is 1. The molecule has 3 nitrogen and oxygen atoms in total. The Labute approximate surface area is 152 Å². The van der Waals surface area contributed by atoms with Gasteiger partial charge >= 0.3 is 0 Å². The zero-order chi connectivity index (χ0) is 18.7. The van der Waals surface area contributed by atoms with Gasteiger partial charge in [0.15, 0.2) is 0 Å². The molecule has 25 heavy (non-hydrogen) atoms. The van der Waals surface area contributed by atoms with Crippen LogP contribution in [0.15, 0.2) is 33.7 Å². The third kappa shape index (κ3) is 4.46. The summed E-state index contributed by atoms with van der Waals surface area (Å²) in [6, 6.07) is 0.136. The van der Waals surface area contributed by atoms with Crippen LogP contribution in [-0.2, 0) is 9.47 Å². The van der Waals surface area contributed by atoms with Crippen molar-refractivity contribution < 1.29 is 13.9 Å². The van der Waals surface area contributed by atoms with Crippen molar-refractivity contribution in [1.82, 2.24) is 4.90 Å². The molecule has 3 atom stereocenters. The Kier molecular flexibility index (Phi) is 6.72. The van der Waals surface area contributed by atoms with E-state index in [1.165, 1.54) is 11.1 Å². The molecule has 2 heterocycles. The molecule has 142 valence electrons. The van der Waals surface area contributed by atoms with Crippen molar-refractivity contribution >= 4 is 0 Å². The van der Waals surface area contributed by atoms with E-state index >= 15 is 0 Å². The summed E-state index contributed by atoms with van der Waals surface area (Å²) in [5, 5.41) is 0. The van der Waals surface area contributed by atoms with Crippen molar-refractivity contribution in [3.05, 3.63) is 33.7 Å². The summed E-state index contributed by atoms with van der Waals surface area (Å²) in [6.07, 6.45) is 0.968. The minimum atomic E-state index is -0.897. The van der Waals surface area contributed by atoms with E-state index < -0.39 is 6.17 Å². The topological polar surface area (TPSA) is 21.7 Å². The molecule has 2 aliphatic heterocycles. The number of hydrogen-bond donors (Lipinski definition) is 0. The highest BCUT2D eigenvalue weighted by atomic mass is 19.1. The molecule has 0 aromatic carbocycles. The number of ether oxygens (including phenoxy) is 2. The molecule has 0 spiro atoms. The van der Waals surface area contributed by atoms with Crippen LogP contribution in [-0.4, -0.2) is 43.0 Å². The molecule has 2 aliphatic rings. The Morgan fingerprint density at radius 2 is 1.80 bits per heavy atom. The van der Waals surface area contributed by atoms with Crippen molar-refractivity contribution in [2.75, 3.05) is 19.8 Å². The van der Waals surface area contributed by atoms with Gasteiger partial charge in [0.05, 0.1) is 12.6 Å². The van der Waals surface area contributed by atoms with Crippen LogP contribution in [0.1, 0.15) is 61.3 Å². The molecule has 0 aliphatic carbocycles. The fourth-order valence-electron chi connectivity index (χ4n) is 3.85. The minimum Gasteiger partial charge on any atom is -0.485 e. The summed E-state index contributed by atoms with van der Waals surface area (Å²) in [7, 11) is 0. The number of allylic oxidation sites excluding steroid dienone is 3. The van der Waals surface area contributed by atoms with E-state index in [1.807, 2.05) is 0 Å². The Bertz CT molecular complexity index is 577. The van der Waals surface area contributed by atoms with Gasteiger partial charge in [-0.3, -0.25) is 0 Å². The molecular formula is C21H34FNO2. The van der Waals surface area contributed by atoms with Crippen LogP contribution in [0.5, 0.6) is 0 Å². The maximum absolute atomic E-state index is 14.1. The van der Waals surface area contributed by atoms with Gasteiger partial charge in [0, 0.05) is 24.4 Å². The van der Waals surface area contributed by atoms with Gasteiger partial charge < -0.3 is 14.4 Å². The van der Waals surface area contributed by atoms with E-state index in [9.17, 15) is 4.39 Å². The van der Waals surface area contributed by atoms with Gasteiger partial charge in [-0.2, -0.15) is 0 Å². The Hall–Kier alpha value is -1.29. The largest absolute Gasteiger partial charge is 0.485 e. The molecule has 0 N–H and O–H groups in total. The first kappa shape index (κ1) is 20.0. The second-order valence-corrected chi connectivity index (χ2v) is 7.93. The molecule has 0 aromatic rings. The quantitative estimate of drug-likeness (QED) is 0.687. The van der Waals surface area contributed by atoms with E-state index in [2.05, 4.69) is 46.4 Å². The van der Waals surface area contributed by atoms with Crippen LogP contribution in [0.3, 0.4) is 0 Å². The first-order valence-electron chi connectivity index (χ1n) is 9.42. The Morgan fingerprint density at radius 1 is 1.12 bits per heavy atom. The SMILES string of the molecule is CC(C)=C1OC2COCCCC2N(CC(C)F)C(=C(C)C)C1=C(C)C. The van der Waals surface area contributed by atoms with Gasteiger partial charge in [-0.05, 0) is 66.9 Å². The van der Waals surface area contributed by atoms with Gasteiger partial charge in [0.2, 0.25) is 0 Å². The second kappa shape index (κ2) is 8.39. The number of rotatable bonds is 2. The van der Waals surface area contributed by atoms with Gasteiger partial charge in [-0.15, -0.1) is 0 Å². The fourth-order valence-corrected chi connectivity index (χ4v) is 3.85. The molecule has 0 radical (unpaired) electrons. The third-order valence-electron chi connectivity index (χ3n) is 4.80. The average Bonchev–Trinajstić information content (AvgIpc) is 2.78. The van der Waals surface area contributed by atoms with Crippen molar-refractivity contribution in [1.29, 1.82) is 0 Å². The molecule has 0 bridgehead atoms. The van der Waals surface area contributed by atoms with Crippen molar-refractivity contribution in [2.45, 2.75) is 79.6 Å². The number of fused-ring (bicyclic) bond motifs is 1. The highest BCUT2D eigenvalue weighted by molar-refractivity contribution is 5.50. The highest BCUT2D eigenvalue weighted by Gasteiger charge is 2.39. The van der Waals surface area contributed by atoms with Crippen LogP contribution in [0.25, 0.3) is 0 Å². The Morgan fingerprint density at radius 3 is 2.32 bits per heavy atom. The predicted molar refractivity (Wildman–Crippen MR) is 101 cm³/mol. The van der Waals surface area contributed by atoms with E-state index in [0.717, 1.165) is 42.1 Å². The molecular weight excluding hydrogens is 317 g/mol. The molecule has 2 fully saturated rings. The maximum Gasteiger partial charge on any atom is 0.142 e. The standard InChI is InChI=1S/C21H34FNO2/c1-13(2)19-20(14(3)4)23(11-16(7)22)17-9-8-10-24-12-18(17)25-21(19)15(5)6/h16-18H,8-12H2,1-7H3. The molecule has 2 rings (SSSR count). The molecule has 0 saturated carbocycles. The van der Waals surface area contributed by atoms with Crippen molar-refractivity contribution in [2.24, 2.45) is 0 Å². The molecule has 0 aromatic heterocycles. The van der Waals surface area contributed by atoms with Gasteiger partial charge in [0.1, 0.15) is 18.0 Å². The lowest BCUT2D eigenvalue weighted by atomic mass is 9.96. The first-order valence-corrected chi connectivity index (χ1v) is 9.42. The van der Waals surface area contributed by atoms with Crippen LogP contribution in [0.2, 0.25) is 0 Å². The van der Waals surface area contributed by atoms with Crippen molar-refractivity contribution in [3.8, 4) is 0 Å². The molecule has 4 heteroatoms. The van der Waals surface area contributed by atoms with E-state index in [0.29, 0.717) is 13.2 Å². The minimum absolute atomic E-state index is 0.0719. The lowest BCUT2D eigenvalue weighted by molar-refractivity contribution is -0.00201. The molecule has 0 amide bonds. The van der Waals surface area contributed by atoms with Gasteiger partial charge in [-0.25, -0.2) is 4.39 Å². The zero-order valence-electron chi connectivity index (χ0n) is 16.9. The molecule has 3 unspecified atom stereocenters. The number of halogens is 1.